The number of benzene rings is 2. The molecule has 2 aromatic carbocycles. The van der Waals surface area contributed by atoms with Crippen molar-refractivity contribution in [3.8, 4) is 11.5 Å². The molecule has 2 aromatic rings. The van der Waals surface area contributed by atoms with Gasteiger partial charge in [-0.25, -0.2) is 0 Å². The van der Waals surface area contributed by atoms with Crippen LogP contribution in [0.3, 0.4) is 0 Å². The lowest BCUT2D eigenvalue weighted by atomic mass is 9.84. The average molecular weight is 483 g/mol. The number of rotatable bonds is 12. The lowest BCUT2D eigenvalue weighted by molar-refractivity contribution is -0.116. The van der Waals surface area contributed by atoms with Gasteiger partial charge in [0.1, 0.15) is 11.5 Å². The van der Waals surface area contributed by atoms with Crippen LogP contribution in [0, 0.1) is 0 Å². The zero-order chi connectivity index (χ0) is 26.2. The fourth-order valence-electron chi connectivity index (χ4n) is 4.26. The highest BCUT2D eigenvalue weighted by atomic mass is 16.5. The lowest BCUT2D eigenvalue weighted by Gasteiger charge is -2.25. The second-order valence-corrected chi connectivity index (χ2v) is 10.4. The van der Waals surface area contributed by atoms with Crippen LogP contribution in [0.1, 0.15) is 101 Å². The SMILES string of the molecule is CCCCCC(CC(=O)Nc1cc(C(N)=O)ccc1C(C)(C)C)c1ccc(OC(C)C)cc1OC. The van der Waals surface area contributed by atoms with E-state index in [2.05, 4.69) is 33.0 Å². The Morgan fingerprint density at radius 2 is 1.77 bits per heavy atom. The molecule has 6 heteroatoms. The van der Waals surface area contributed by atoms with Gasteiger partial charge in [0.05, 0.1) is 13.2 Å². The molecule has 0 aromatic heterocycles. The Bertz CT molecular complexity index is 1010. The van der Waals surface area contributed by atoms with Crippen molar-refractivity contribution < 1.29 is 19.1 Å². The number of amides is 2. The number of primary amides is 1. The highest BCUT2D eigenvalue weighted by Crippen LogP contribution is 2.37. The molecule has 1 unspecified atom stereocenters. The summed E-state index contributed by atoms with van der Waals surface area (Å²) in [6.07, 6.45) is 4.46. The van der Waals surface area contributed by atoms with Crippen molar-refractivity contribution in [2.45, 2.75) is 91.1 Å². The first-order valence-electron chi connectivity index (χ1n) is 12.5. The second-order valence-electron chi connectivity index (χ2n) is 10.4. The molecule has 0 radical (unpaired) electrons. The number of carbonyl (C=O) groups excluding carboxylic acids is 2. The maximum Gasteiger partial charge on any atom is 0.248 e. The van der Waals surface area contributed by atoms with Crippen LogP contribution in [-0.2, 0) is 10.2 Å². The van der Waals surface area contributed by atoms with Crippen LogP contribution in [-0.4, -0.2) is 25.0 Å². The minimum absolute atomic E-state index is 0.0120. The number of anilines is 1. The third-order valence-electron chi connectivity index (χ3n) is 5.99. The van der Waals surface area contributed by atoms with Crippen LogP contribution in [0.4, 0.5) is 5.69 Å². The summed E-state index contributed by atoms with van der Waals surface area (Å²) in [6.45, 7) is 12.3. The molecule has 0 aliphatic heterocycles. The number of hydrogen-bond donors (Lipinski definition) is 2. The summed E-state index contributed by atoms with van der Waals surface area (Å²) >= 11 is 0. The van der Waals surface area contributed by atoms with Crippen LogP contribution < -0.4 is 20.5 Å². The lowest BCUT2D eigenvalue weighted by Crippen LogP contribution is -2.22. The molecule has 0 spiro atoms. The normalized spacial score (nSPS) is 12.3. The van der Waals surface area contributed by atoms with Gasteiger partial charge in [-0.2, -0.15) is 0 Å². The molecule has 3 N–H and O–H groups in total. The summed E-state index contributed by atoms with van der Waals surface area (Å²) in [7, 11) is 1.64. The van der Waals surface area contributed by atoms with Crippen LogP contribution in [0.15, 0.2) is 36.4 Å². The van der Waals surface area contributed by atoms with E-state index in [1.54, 1.807) is 19.2 Å². The maximum absolute atomic E-state index is 13.3. The Morgan fingerprint density at radius 3 is 2.34 bits per heavy atom. The number of carbonyl (C=O) groups is 2. The molecule has 0 aliphatic rings. The van der Waals surface area contributed by atoms with Gasteiger partial charge in [-0.3, -0.25) is 9.59 Å². The molecule has 0 fully saturated rings. The average Bonchev–Trinajstić information content (AvgIpc) is 2.77. The van der Waals surface area contributed by atoms with Crippen LogP contribution in [0.5, 0.6) is 11.5 Å². The Balaban J connectivity index is 2.34. The summed E-state index contributed by atoms with van der Waals surface area (Å²) in [5, 5.41) is 3.07. The predicted molar refractivity (Wildman–Crippen MR) is 143 cm³/mol. The molecule has 1 atom stereocenters. The summed E-state index contributed by atoms with van der Waals surface area (Å²) in [5.41, 5.74) is 8.22. The summed E-state index contributed by atoms with van der Waals surface area (Å²) in [5.74, 6) is 0.830. The van der Waals surface area contributed by atoms with Gasteiger partial charge in [-0.1, -0.05) is 59.1 Å². The van der Waals surface area contributed by atoms with E-state index in [-0.39, 0.29) is 23.3 Å². The molecule has 35 heavy (non-hydrogen) atoms. The van der Waals surface area contributed by atoms with E-state index < -0.39 is 5.91 Å². The molecule has 192 valence electrons. The smallest absolute Gasteiger partial charge is 0.248 e. The number of nitrogens with two attached hydrogens (primary N) is 1. The quantitative estimate of drug-likeness (QED) is 0.335. The Labute approximate surface area is 210 Å². The van der Waals surface area contributed by atoms with Crippen LogP contribution in [0.25, 0.3) is 0 Å². The van der Waals surface area contributed by atoms with Crippen molar-refractivity contribution >= 4 is 17.5 Å². The molecular weight excluding hydrogens is 440 g/mol. The number of ether oxygens (including phenoxy) is 2. The van der Waals surface area contributed by atoms with Gasteiger partial charge in [0.2, 0.25) is 11.8 Å². The molecule has 0 saturated heterocycles. The van der Waals surface area contributed by atoms with E-state index in [0.29, 0.717) is 17.7 Å². The van der Waals surface area contributed by atoms with Gasteiger partial charge in [0.25, 0.3) is 0 Å². The predicted octanol–water partition coefficient (Wildman–Crippen LogP) is 6.57. The molecule has 0 saturated carbocycles. The van der Waals surface area contributed by atoms with Crippen molar-refractivity contribution in [2.24, 2.45) is 5.73 Å². The highest BCUT2D eigenvalue weighted by Gasteiger charge is 2.24. The van der Waals surface area contributed by atoms with E-state index in [4.69, 9.17) is 15.2 Å². The first kappa shape index (κ1) is 28.2. The summed E-state index contributed by atoms with van der Waals surface area (Å²) in [4.78, 5) is 25.1. The van der Waals surface area contributed by atoms with Gasteiger partial charge in [0, 0.05) is 23.7 Å². The van der Waals surface area contributed by atoms with Crippen LogP contribution in [0.2, 0.25) is 0 Å². The van der Waals surface area contributed by atoms with Crippen molar-refractivity contribution in [3.05, 3.63) is 53.1 Å². The molecular formula is C29H42N2O4. The minimum atomic E-state index is -0.521. The van der Waals surface area contributed by atoms with Gasteiger partial charge >= 0.3 is 0 Å². The fraction of sp³-hybridized carbons (Fsp3) is 0.517. The Kier molecular flexibility index (Phi) is 10.2. The minimum Gasteiger partial charge on any atom is -0.496 e. The third-order valence-corrected chi connectivity index (χ3v) is 5.99. The standard InChI is InChI=1S/C29H42N2O4/c1-8-9-10-11-20(23-14-13-22(35-19(2)3)18-26(23)34-7)17-27(32)31-25-16-21(28(30)33)12-15-24(25)29(4,5)6/h12-16,18-20H,8-11,17H2,1-7H3,(H2,30,33)(H,31,32). The zero-order valence-electron chi connectivity index (χ0n) is 22.4. The first-order chi connectivity index (χ1) is 16.5. The van der Waals surface area contributed by atoms with Crippen molar-refractivity contribution in [1.82, 2.24) is 0 Å². The number of hydrogen-bond acceptors (Lipinski definition) is 4. The topological polar surface area (TPSA) is 90.7 Å². The van der Waals surface area contributed by atoms with Gasteiger partial charge in [-0.15, -0.1) is 0 Å². The molecule has 6 nitrogen and oxygen atoms in total. The summed E-state index contributed by atoms with van der Waals surface area (Å²) in [6, 6.07) is 11.1. The van der Waals surface area contributed by atoms with E-state index in [1.165, 1.54) is 0 Å². The number of nitrogens with one attached hydrogen (secondary N) is 1. The molecule has 0 bridgehead atoms. The number of methoxy groups -OCH3 is 1. The number of unbranched alkanes of at least 4 members (excludes halogenated alkanes) is 2. The van der Waals surface area contributed by atoms with Crippen molar-refractivity contribution in [1.29, 1.82) is 0 Å². The molecule has 2 rings (SSSR count). The third kappa shape index (κ3) is 8.30. The monoisotopic (exact) mass is 482 g/mol. The second kappa shape index (κ2) is 12.6. The Hall–Kier alpha value is -3.02. The van der Waals surface area contributed by atoms with Crippen molar-refractivity contribution in [3.63, 3.8) is 0 Å². The maximum atomic E-state index is 13.3. The molecule has 2 amide bonds. The largest absolute Gasteiger partial charge is 0.496 e. The zero-order valence-corrected chi connectivity index (χ0v) is 22.4. The van der Waals surface area contributed by atoms with E-state index in [1.807, 2.05) is 38.1 Å². The summed E-state index contributed by atoms with van der Waals surface area (Å²) < 4.78 is 11.5. The van der Waals surface area contributed by atoms with Crippen molar-refractivity contribution in [2.75, 3.05) is 12.4 Å². The fourth-order valence-corrected chi connectivity index (χ4v) is 4.26. The van der Waals surface area contributed by atoms with Gasteiger partial charge in [-0.05, 0) is 60.9 Å². The first-order valence-corrected chi connectivity index (χ1v) is 12.5. The molecule has 0 aliphatic carbocycles. The van der Waals surface area contributed by atoms with E-state index >= 15 is 0 Å². The highest BCUT2D eigenvalue weighted by molar-refractivity contribution is 5.97. The van der Waals surface area contributed by atoms with Gasteiger partial charge in [0.15, 0.2) is 0 Å². The Morgan fingerprint density at radius 1 is 1.06 bits per heavy atom. The van der Waals surface area contributed by atoms with Gasteiger partial charge < -0.3 is 20.5 Å². The van der Waals surface area contributed by atoms with Crippen LogP contribution >= 0.6 is 0 Å². The molecule has 0 heterocycles. The van der Waals surface area contributed by atoms with E-state index in [0.717, 1.165) is 48.3 Å². The van der Waals surface area contributed by atoms with E-state index in [9.17, 15) is 9.59 Å².